The van der Waals surface area contributed by atoms with E-state index in [4.69, 9.17) is 20.3 Å². The van der Waals surface area contributed by atoms with Crippen LogP contribution in [0, 0.1) is 11.3 Å². The van der Waals surface area contributed by atoms with E-state index in [2.05, 4.69) is 10.6 Å². The van der Waals surface area contributed by atoms with Crippen LogP contribution in [0.5, 0.6) is 0 Å². The van der Waals surface area contributed by atoms with Crippen LogP contribution in [0.1, 0.15) is 40.2 Å². The van der Waals surface area contributed by atoms with Gasteiger partial charge in [-0.25, -0.2) is 0 Å². The SMILES string of the molecule is COC[C@@H]1C[C@@H](C(=O)NC(C)c2cc(C(=N)N)cs2)N(C(=O)CNC(=O)c2ccc3oc4ccccc4c3c2)C1. The second kappa shape index (κ2) is 11.5. The maximum atomic E-state index is 13.3. The maximum absolute atomic E-state index is 13.3. The summed E-state index contributed by atoms with van der Waals surface area (Å²) < 4.78 is 11.1. The van der Waals surface area contributed by atoms with E-state index in [-0.39, 0.29) is 42.1 Å². The zero-order chi connectivity index (χ0) is 28.4. The minimum Gasteiger partial charge on any atom is -0.456 e. The number of amidine groups is 1. The van der Waals surface area contributed by atoms with Crippen LogP contribution < -0.4 is 16.4 Å². The molecule has 4 aromatic rings. The molecular weight excluding hydrogens is 530 g/mol. The highest BCUT2D eigenvalue weighted by molar-refractivity contribution is 7.10. The monoisotopic (exact) mass is 561 g/mol. The standard InChI is InChI=1S/C29H31N5O5S/c1-16(25-11-19(15-40-25)27(30)31)33-29(37)22-9-17(14-38-2)13-34(22)26(35)12-32-28(36)18-7-8-24-21(10-18)20-5-3-4-6-23(20)39-24/h3-8,10-11,15-17,22H,9,12-14H2,1-2H3,(H3,30,31)(H,32,36)(H,33,37)/t16?,17-,22+/m1/s1. The zero-order valence-electron chi connectivity index (χ0n) is 22.2. The Morgan fingerprint density at radius 2 is 1.93 bits per heavy atom. The van der Waals surface area contributed by atoms with Gasteiger partial charge in [-0.3, -0.25) is 19.8 Å². The fraction of sp³-hybridized carbons (Fsp3) is 0.310. The normalized spacial score (nSPS) is 17.7. The molecule has 3 amide bonds. The molecule has 1 aliphatic heterocycles. The predicted molar refractivity (Wildman–Crippen MR) is 153 cm³/mol. The molecule has 1 unspecified atom stereocenters. The molecule has 40 heavy (non-hydrogen) atoms. The number of carbonyl (C=O) groups is 3. The first kappa shape index (κ1) is 27.4. The Hall–Kier alpha value is -4.22. The Morgan fingerprint density at radius 3 is 2.67 bits per heavy atom. The van der Waals surface area contributed by atoms with E-state index < -0.39 is 6.04 Å². The van der Waals surface area contributed by atoms with Gasteiger partial charge in [0, 0.05) is 51.7 Å². The Bertz CT molecular complexity index is 1590. The topological polar surface area (TPSA) is 151 Å². The number of rotatable bonds is 9. The van der Waals surface area contributed by atoms with Crippen LogP contribution in [-0.2, 0) is 14.3 Å². The number of amides is 3. The van der Waals surface area contributed by atoms with Crippen LogP contribution in [0.2, 0.25) is 0 Å². The average molecular weight is 562 g/mol. The van der Waals surface area contributed by atoms with Crippen LogP contribution in [-0.4, -0.2) is 61.3 Å². The number of thiophene rings is 1. The first-order valence-corrected chi connectivity index (χ1v) is 13.8. The van der Waals surface area contributed by atoms with Crippen molar-refractivity contribution in [3.05, 3.63) is 69.9 Å². The number of nitrogens with zero attached hydrogens (tertiary/aromatic N) is 1. The summed E-state index contributed by atoms with van der Waals surface area (Å²) in [6.45, 7) is 2.38. The minimum absolute atomic E-state index is 0.00135. The van der Waals surface area contributed by atoms with E-state index in [1.807, 2.05) is 31.2 Å². The second-order valence-electron chi connectivity index (χ2n) is 9.99. The molecule has 0 bridgehead atoms. The van der Waals surface area contributed by atoms with E-state index in [1.54, 1.807) is 36.8 Å². The molecule has 1 saturated heterocycles. The third-order valence-corrected chi connectivity index (χ3v) is 8.28. The highest BCUT2D eigenvalue weighted by atomic mass is 32.1. The number of fused-ring (bicyclic) bond motifs is 3. The molecule has 5 N–H and O–H groups in total. The van der Waals surface area contributed by atoms with Crippen molar-refractivity contribution in [1.29, 1.82) is 5.41 Å². The van der Waals surface area contributed by atoms with Gasteiger partial charge in [-0.05, 0) is 43.7 Å². The average Bonchev–Trinajstić information content (AvgIpc) is 3.68. The summed E-state index contributed by atoms with van der Waals surface area (Å²) in [6.07, 6.45) is 0.458. The van der Waals surface area contributed by atoms with Crippen molar-refractivity contribution in [2.24, 2.45) is 11.7 Å². The van der Waals surface area contributed by atoms with Crippen molar-refractivity contribution in [2.45, 2.75) is 25.4 Å². The molecule has 0 saturated carbocycles. The largest absolute Gasteiger partial charge is 0.456 e. The third-order valence-electron chi connectivity index (χ3n) is 7.17. The molecular formula is C29H31N5O5S. The number of hydrogen-bond donors (Lipinski definition) is 4. The van der Waals surface area contributed by atoms with Gasteiger partial charge in [0.1, 0.15) is 23.0 Å². The van der Waals surface area contributed by atoms with Crippen molar-refractivity contribution >= 4 is 56.8 Å². The number of nitrogens with two attached hydrogens (primary N) is 1. The van der Waals surface area contributed by atoms with Crippen molar-refractivity contribution in [3.8, 4) is 0 Å². The number of nitrogen functional groups attached to an aromatic ring is 1. The summed E-state index contributed by atoms with van der Waals surface area (Å²) in [7, 11) is 1.59. The maximum Gasteiger partial charge on any atom is 0.251 e. The predicted octanol–water partition coefficient (Wildman–Crippen LogP) is 3.40. The lowest BCUT2D eigenvalue weighted by Gasteiger charge is -2.25. The van der Waals surface area contributed by atoms with Gasteiger partial charge in [0.25, 0.3) is 5.91 Å². The van der Waals surface area contributed by atoms with Gasteiger partial charge in [-0.1, -0.05) is 18.2 Å². The van der Waals surface area contributed by atoms with Gasteiger partial charge in [0.2, 0.25) is 11.8 Å². The summed E-state index contributed by atoms with van der Waals surface area (Å²) in [5, 5.41) is 16.8. The highest BCUT2D eigenvalue weighted by Gasteiger charge is 2.40. The van der Waals surface area contributed by atoms with E-state index >= 15 is 0 Å². The van der Waals surface area contributed by atoms with Crippen LogP contribution in [0.15, 0.2) is 58.3 Å². The number of benzene rings is 2. The smallest absolute Gasteiger partial charge is 0.251 e. The Labute approximate surface area is 235 Å². The van der Waals surface area contributed by atoms with E-state index in [1.165, 1.54) is 16.2 Å². The molecule has 2 aromatic carbocycles. The molecule has 1 fully saturated rings. The van der Waals surface area contributed by atoms with Gasteiger partial charge in [0.05, 0.1) is 19.2 Å². The molecule has 11 heteroatoms. The highest BCUT2D eigenvalue weighted by Crippen LogP contribution is 2.29. The number of hydrogen-bond acceptors (Lipinski definition) is 7. The summed E-state index contributed by atoms with van der Waals surface area (Å²) in [5.74, 6) is -1.04. The van der Waals surface area contributed by atoms with E-state index in [0.29, 0.717) is 36.3 Å². The number of carbonyl (C=O) groups excluding carboxylic acids is 3. The quantitative estimate of drug-likeness (QED) is 0.182. The molecule has 0 aliphatic carbocycles. The lowest BCUT2D eigenvalue weighted by Crippen LogP contribution is -2.49. The zero-order valence-corrected chi connectivity index (χ0v) is 23.0. The summed E-state index contributed by atoms with van der Waals surface area (Å²) in [6, 6.07) is 13.5. The summed E-state index contributed by atoms with van der Waals surface area (Å²) in [4.78, 5) is 41.9. The Morgan fingerprint density at radius 1 is 1.15 bits per heavy atom. The van der Waals surface area contributed by atoms with Crippen LogP contribution in [0.3, 0.4) is 0 Å². The molecule has 0 radical (unpaired) electrons. The Kier molecular flexibility index (Phi) is 7.85. The van der Waals surface area contributed by atoms with E-state index in [0.717, 1.165) is 21.2 Å². The number of ether oxygens (including phenoxy) is 1. The number of nitrogens with one attached hydrogen (secondary N) is 3. The first-order valence-electron chi connectivity index (χ1n) is 13.0. The number of likely N-dealkylation sites (tertiary alicyclic amines) is 1. The number of methoxy groups -OCH3 is 1. The van der Waals surface area contributed by atoms with Crippen molar-refractivity contribution in [3.63, 3.8) is 0 Å². The second-order valence-corrected chi connectivity index (χ2v) is 10.9. The van der Waals surface area contributed by atoms with Crippen molar-refractivity contribution in [1.82, 2.24) is 15.5 Å². The summed E-state index contributed by atoms with van der Waals surface area (Å²) in [5.41, 5.74) is 8.00. The van der Waals surface area contributed by atoms with Crippen LogP contribution in [0.25, 0.3) is 21.9 Å². The molecule has 10 nitrogen and oxygen atoms in total. The van der Waals surface area contributed by atoms with Gasteiger partial charge in [-0.15, -0.1) is 11.3 Å². The molecule has 1 aliphatic rings. The number of furan rings is 1. The lowest BCUT2D eigenvalue weighted by atomic mass is 10.1. The molecule has 3 heterocycles. The van der Waals surface area contributed by atoms with E-state index in [9.17, 15) is 14.4 Å². The Balaban J connectivity index is 1.25. The van der Waals surface area contributed by atoms with Crippen molar-refractivity contribution < 1.29 is 23.5 Å². The van der Waals surface area contributed by atoms with Gasteiger partial charge >= 0.3 is 0 Å². The third kappa shape index (κ3) is 5.56. The summed E-state index contributed by atoms with van der Waals surface area (Å²) >= 11 is 1.41. The lowest BCUT2D eigenvalue weighted by molar-refractivity contribution is -0.138. The first-order chi connectivity index (χ1) is 19.2. The van der Waals surface area contributed by atoms with Crippen LogP contribution in [0.4, 0.5) is 0 Å². The number of para-hydroxylation sites is 1. The molecule has 0 spiro atoms. The van der Waals surface area contributed by atoms with Crippen LogP contribution >= 0.6 is 11.3 Å². The van der Waals surface area contributed by atoms with Gasteiger partial charge in [0.15, 0.2) is 0 Å². The minimum atomic E-state index is -0.687. The molecule has 208 valence electrons. The fourth-order valence-corrected chi connectivity index (χ4v) is 6.05. The molecule has 3 atom stereocenters. The fourth-order valence-electron chi connectivity index (χ4n) is 5.13. The molecule has 5 rings (SSSR count). The van der Waals surface area contributed by atoms with Gasteiger partial charge < -0.3 is 30.4 Å². The van der Waals surface area contributed by atoms with Crippen molar-refractivity contribution in [2.75, 3.05) is 26.8 Å². The molecule has 2 aromatic heterocycles. The van der Waals surface area contributed by atoms with Gasteiger partial charge in [-0.2, -0.15) is 0 Å².